The van der Waals surface area contributed by atoms with Crippen LogP contribution in [0.1, 0.15) is 12.0 Å². The first-order valence-electron chi connectivity index (χ1n) is 9.11. The van der Waals surface area contributed by atoms with Crippen LogP contribution in [0.25, 0.3) is 6.08 Å². The van der Waals surface area contributed by atoms with Crippen LogP contribution in [0, 0.1) is 0 Å². The molecule has 1 heterocycles. The van der Waals surface area contributed by atoms with Gasteiger partial charge in [0.25, 0.3) is 0 Å². The Morgan fingerprint density at radius 1 is 1.14 bits per heavy atom. The lowest BCUT2D eigenvalue weighted by Crippen LogP contribution is -2.59. The number of aliphatic hydroxyl groups is 4. The van der Waals surface area contributed by atoms with Gasteiger partial charge in [-0.1, -0.05) is 54.6 Å². The van der Waals surface area contributed by atoms with Crippen molar-refractivity contribution in [2.24, 2.45) is 0 Å². The monoisotopic (exact) mass is 388 g/mol. The lowest BCUT2D eigenvalue weighted by Gasteiger charge is -2.40. The molecule has 0 aromatic heterocycles. The molecule has 1 aromatic carbocycles. The quantitative estimate of drug-likeness (QED) is 0.410. The number of allylic oxidation sites excluding steroid dienone is 3. The number of hydrogen-bond acceptors (Lipinski definition) is 7. The summed E-state index contributed by atoms with van der Waals surface area (Å²) < 4.78 is 11.1. The largest absolute Gasteiger partial charge is 0.394 e. The van der Waals surface area contributed by atoms with Crippen LogP contribution >= 0.6 is 0 Å². The Morgan fingerprint density at radius 2 is 1.89 bits per heavy atom. The molecule has 4 N–H and O–H groups in total. The van der Waals surface area contributed by atoms with Gasteiger partial charge in [0.05, 0.1) is 6.61 Å². The summed E-state index contributed by atoms with van der Waals surface area (Å²) in [5.74, 6) is -0.247. The summed E-state index contributed by atoms with van der Waals surface area (Å²) in [5, 5.41) is 39.2. The molecule has 2 aliphatic rings. The van der Waals surface area contributed by atoms with Crippen molar-refractivity contribution in [3.8, 4) is 0 Å². The molecule has 0 radical (unpaired) electrons. The molecule has 1 unspecified atom stereocenters. The topological polar surface area (TPSA) is 116 Å². The Kier molecular flexibility index (Phi) is 6.90. The van der Waals surface area contributed by atoms with E-state index >= 15 is 0 Å². The van der Waals surface area contributed by atoms with Crippen LogP contribution in [-0.2, 0) is 14.3 Å². The van der Waals surface area contributed by atoms with Crippen molar-refractivity contribution in [3.05, 3.63) is 65.8 Å². The fourth-order valence-electron chi connectivity index (χ4n) is 3.13. The van der Waals surface area contributed by atoms with E-state index in [1.807, 2.05) is 36.4 Å². The van der Waals surface area contributed by atoms with Crippen LogP contribution in [0.4, 0.5) is 0 Å². The minimum absolute atomic E-state index is 0.247. The first kappa shape index (κ1) is 20.6. The van der Waals surface area contributed by atoms with Gasteiger partial charge >= 0.3 is 0 Å². The highest BCUT2D eigenvalue weighted by molar-refractivity contribution is 6.07. The number of carbonyl (C=O) groups excluding carboxylic acids is 1. The van der Waals surface area contributed by atoms with E-state index in [0.717, 1.165) is 5.56 Å². The van der Waals surface area contributed by atoms with E-state index in [4.69, 9.17) is 9.47 Å². The van der Waals surface area contributed by atoms with Gasteiger partial charge in [0, 0.05) is 5.57 Å². The third-order valence-corrected chi connectivity index (χ3v) is 4.73. The number of ether oxygens (including phenoxy) is 2. The van der Waals surface area contributed by atoms with Crippen LogP contribution in [0.2, 0.25) is 0 Å². The first-order valence-corrected chi connectivity index (χ1v) is 9.11. The standard InChI is InChI=1S/C21H24O7/c22-12-17-18(24)19(25)20(26)21(28-17)27-16-9-5-4-8-14(16)15(23)11-10-13-6-2-1-3-7-13/h1-3,5-11,16-22,24-26H,4,12H2/t16?,17-,18-,19+,20-,21-/m1/s1. The van der Waals surface area contributed by atoms with E-state index in [9.17, 15) is 25.2 Å². The molecule has 7 nitrogen and oxygen atoms in total. The lowest BCUT2D eigenvalue weighted by molar-refractivity contribution is -0.304. The van der Waals surface area contributed by atoms with Crippen molar-refractivity contribution in [3.63, 3.8) is 0 Å². The lowest BCUT2D eigenvalue weighted by atomic mass is 9.96. The summed E-state index contributed by atoms with van der Waals surface area (Å²) in [6.07, 6.45) is 1.23. The Morgan fingerprint density at radius 3 is 2.61 bits per heavy atom. The number of benzene rings is 1. The van der Waals surface area contributed by atoms with Crippen LogP contribution < -0.4 is 0 Å². The van der Waals surface area contributed by atoms with Gasteiger partial charge in [0.15, 0.2) is 12.1 Å². The summed E-state index contributed by atoms with van der Waals surface area (Å²) in [5.41, 5.74) is 1.26. The zero-order valence-corrected chi connectivity index (χ0v) is 15.2. The first-order chi connectivity index (χ1) is 13.5. The van der Waals surface area contributed by atoms with Crippen LogP contribution in [0.5, 0.6) is 0 Å². The predicted octanol–water partition coefficient (Wildman–Crippen LogP) is 0.340. The van der Waals surface area contributed by atoms with Crippen molar-refractivity contribution in [2.45, 2.75) is 43.2 Å². The molecule has 0 spiro atoms. The zero-order valence-electron chi connectivity index (χ0n) is 15.2. The number of hydrogen-bond donors (Lipinski definition) is 4. The van der Waals surface area contributed by atoms with Crippen molar-refractivity contribution >= 4 is 11.9 Å². The van der Waals surface area contributed by atoms with Gasteiger partial charge in [-0.05, 0) is 18.1 Å². The molecule has 1 aliphatic heterocycles. The van der Waals surface area contributed by atoms with E-state index < -0.39 is 43.4 Å². The number of aliphatic hydroxyl groups excluding tert-OH is 4. The van der Waals surface area contributed by atoms with Gasteiger partial charge in [0.1, 0.15) is 30.5 Å². The molecule has 0 saturated carbocycles. The van der Waals surface area contributed by atoms with Gasteiger partial charge in [-0.2, -0.15) is 0 Å². The Labute approximate surface area is 162 Å². The van der Waals surface area contributed by atoms with Crippen molar-refractivity contribution in [2.75, 3.05) is 6.61 Å². The van der Waals surface area contributed by atoms with E-state index in [-0.39, 0.29) is 5.78 Å². The molecule has 1 aliphatic carbocycles. The van der Waals surface area contributed by atoms with E-state index in [1.54, 1.807) is 18.2 Å². The summed E-state index contributed by atoms with van der Waals surface area (Å²) in [6, 6.07) is 9.38. The van der Waals surface area contributed by atoms with E-state index in [2.05, 4.69) is 0 Å². The molecule has 1 aromatic rings. The summed E-state index contributed by atoms with van der Waals surface area (Å²) in [6.45, 7) is -0.549. The molecule has 1 fully saturated rings. The highest BCUT2D eigenvalue weighted by Crippen LogP contribution is 2.26. The number of ketones is 1. The molecule has 3 rings (SSSR count). The number of carbonyl (C=O) groups is 1. The highest BCUT2D eigenvalue weighted by atomic mass is 16.7. The second kappa shape index (κ2) is 9.38. The van der Waals surface area contributed by atoms with Gasteiger partial charge in [-0.3, -0.25) is 4.79 Å². The molecular weight excluding hydrogens is 364 g/mol. The van der Waals surface area contributed by atoms with Gasteiger partial charge < -0.3 is 29.9 Å². The minimum atomic E-state index is -1.54. The van der Waals surface area contributed by atoms with Crippen molar-refractivity contribution in [1.82, 2.24) is 0 Å². The normalized spacial score (nSPS) is 33.1. The fourth-order valence-corrected chi connectivity index (χ4v) is 3.13. The maximum Gasteiger partial charge on any atom is 0.187 e. The van der Waals surface area contributed by atoms with E-state index in [1.165, 1.54) is 6.08 Å². The highest BCUT2D eigenvalue weighted by Gasteiger charge is 2.45. The molecule has 28 heavy (non-hydrogen) atoms. The van der Waals surface area contributed by atoms with Crippen LogP contribution in [-0.4, -0.2) is 69.6 Å². The average Bonchev–Trinajstić information content (AvgIpc) is 2.73. The molecule has 1 saturated heterocycles. The van der Waals surface area contributed by atoms with Crippen molar-refractivity contribution < 1.29 is 34.7 Å². The molecule has 0 amide bonds. The molecular formula is C21H24O7. The maximum atomic E-state index is 12.6. The Hall–Kier alpha value is -2.13. The van der Waals surface area contributed by atoms with Gasteiger partial charge in [-0.15, -0.1) is 0 Å². The van der Waals surface area contributed by atoms with Crippen LogP contribution in [0.3, 0.4) is 0 Å². The van der Waals surface area contributed by atoms with Crippen molar-refractivity contribution in [1.29, 1.82) is 0 Å². The van der Waals surface area contributed by atoms with Crippen LogP contribution in [0.15, 0.2) is 60.2 Å². The summed E-state index contributed by atoms with van der Waals surface area (Å²) in [7, 11) is 0. The second-order valence-corrected chi connectivity index (χ2v) is 6.69. The fraction of sp³-hybridized carbons (Fsp3) is 0.381. The Balaban J connectivity index is 1.71. The molecule has 6 atom stereocenters. The smallest absolute Gasteiger partial charge is 0.187 e. The predicted molar refractivity (Wildman–Crippen MR) is 101 cm³/mol. The number of rotatable bonds is 6. The molecule has 7 heteroatoms. The van der Waals surface area contributed by atoms with Gasteiger partial charge in [-0.25, -0.2) is 0 Å². The average molecular weight is 388 g/mol. The summed E-state index contributed by atoms with van der Waals surface area (Å²) >= 11 is 0. The minimum Gasteiger partial charge on any atom is -0.394 e. The third kappa shape index (κ3) is 4.64. The maximum absolute atomic E-state index is 12.6. The summed E-state index contributed by atoms with van der Waals surface area (Å²) in [4.78, 5) is 12.6. The third-order valence-electron chi connectivity index (χ3n) is 4.73. The molecule has 0 bridgehead atoms. The van der Waals surface area contributed by atoms with E-state index in [0.29, 0.717) is 12.0 Å². The zero-order chi connectivity index (χ0) is 20.1. The Bertz CT molecular complexity index is 753. The second-order valence-electron chi connectivity index (χ2n) is 6.69. The molecule has 150 valence electrons. The SMILES string of the molecule is O=C(C=Cc1ccccc1)C1=CCC=CC1O[C@@H]1O[C@H](CO)[C@@H](O)[C@H](O)[C@H]1O. The van der Waals surface area contributed by atoms with Gasteiger partial charge in [0.2, 0.25) is 0 Å².